The molecule has 0 fully saturated rings. The van der Waals surface area contributed by atoms with E-state index < -0.39 is 12.0 Å². The summed E-state index contributed by atoms with van der Waals surface area (Å²) in [5.74, 6) is 0.500. The molecule has 0 radical (unpaired) electrons. The lowest BCUT2D eigenvalue weighted by Gasteiger charge is -2.12. The molecule has 0 heterocycles. The van der Waals surface area contributed by atoms with Crippen LogP contribution >= 0.6 is 0 Å². The average molecular weight is 314 g/mol. The molecule has 120 valence electrons. The van der Waals surface area contributed by atoms with E-state index in [1.54, 1.807) is 37.3 Å². The molecule has 0 aliphatic carbocycles. The minimum absolute atomic E-state index is 0.0402. The van der Waals surface area contributed by atoms with Gasteiger partial charge >= 0.3 is 0 Å². The number of hydrogen-bond acceptors (Lipinski definition) is 5. The molecule has 23 heavy (non-hydrogen) atoms. The van der Waals surface area contributed by atoms with Crippen LogP contribution in [0.5, 0.6) is 17.2 Å². The highest BCUT2D eigenvalue weighted by atomic mass is 16.5. The Balaban J connectivity index is 1.93. The molecule has 0 bridgehead atoms. The van der Waals surface area contributed by atoms with Crippen LogP contribution in [0.3, 0.4) is 0 Å². The zero-order valence-electron chi connectivity index (χ0n) is 12.9. The number of rotatable bonds is 6. The number of hydrazone groups is 1. The molecule has 6 heteroatoms. The lowest BCUT2D eigenvalue weighted by Crippen LogP contribution is -2.33. The molecule has 2 rings (SSSR count). The van der Waals surface area contributed by atoms with Gasteiger partial charge in [-0.15, -0.1) is 0 Å². The summed E-state index contributed by atoms with van der Waals surface area (Å²) >= 11 is 0. The smallest absolute Gasteiger partial charge is 0.280 e. The van der Waals surface area contributed by atoms with Crippen LogP contribution < -0.4 is 14.9 Å². The second-order valence-corrected chi connectivity index (χ2v) is 4.71. The quantitative estimate of drug-likeness (QED) is 0.633. The largest absolute Gasteiger partial charge is 0.504 e. The summed E-state index contributed by atoms with van der Waals surface area (Å²) in [5, 5.41) is 13.7. The highest BCUT2D eigenvalue weighted by molar-refractivity contribution is 5.87. The van der Waals surface area contributed by atoms with Gasteiger partial charge in [0.2, 0.25) is 0 Å². The van der Waals surface area contributed by atoms with Gasteiger partial charge in [-0.05, 0) is 31.2 Å². The molecule has 2 aromatic carbocycles. The van der Waals surface area contributed by atoms with Crippen LogP contribution in [-0.2, 0) is 4.79 Å². The number of carbonyl (C=O) groups excluding carboxylic acids is 1. The molecule has 2 aromatic rings. The molecule has 0 saturated heterocycles. The first-order chi connectivity index (χ1) is 11.1. The SMILES string of the molecule is COc1cccc(/C=N\NC(=O)[C@H](C)Oc2ccccc2)c1O. The molecule has 1 atom stereocenters. The lowest BCUT2D eigenvalue weighted by atomic mass is 10.2. The Morgan fingerprint density at radius 2 is 1.96 bits per heavy atom. The highest BCUT2D eigenvalue weighted by Gasteiger charge is 2.13. The van der Waals surface area contributed by atoms with E-state index in [0.717, 1.165) is 0 Å². The van der Waals surface area contributed by atoms with Crippen molar-refractivity contribution in [2.45, 2.75) is 13.0 Å². The predicted molar refractivity (Wildman–Crippen MR) is 86.9 cm³/mol. The number of methoxy groups -OCH3 is 1. The van der Waals surface area contributed by atoms with Gasteiger partial charge in [0.05, 0.1) is 13.3 Å². The van der Waals surface area contributed by atoms with E-state index in [4.69, 9.17) is 9.47 Å². The summed E-state index contributed by atoms with van der Waals surface area (Å²) in [7, 11) is 1.46. The summed E-state index contributed by atoms with van der Waals surface area (Å²) in [6.45, 7) is 1.63. The van der Waals surface area contributed by atoms with E-state index in [1.165, 1.54) is 13.3 Å². The van der Waals surface area contributed by atoms with Crippen LogP contribution in [0.25, 0.3) is 0 Å². The average Bonchev–Trinajstić information content (AvgIpc) is 2.57. The molecular weight excluding hydrogens is 296 g/mol. The van der Waals surface area contributed by atoms with Crippen molar-refractivity contribution in [3.05, 3.63) is 54.1 Å². The first kappa shape index (κ1) is 16.4. The second kappa shape index (κ2) is 7.84. The molecular formula is C17H18N2O4. The Bertz CT molecular complexity index is 686. The first-order valence-corrected chi connectivity index (χ1v) is 7.02. The van der Waals surface area contributed by atoms with E-state index >= 15 is 0 Å². The maximum atomic E-state index is 11.9. The number of phenols is 1. The van der Waals surface area contributed by atoms with Gasteiger partial charge in [0.1, 0.15) is 5.75 Å². The summed E-state index contributed by atoms with van der Waals surface area (Å²) in [6.07, 6.45) is 0.638. The zero-order valence-corrected chi connectivity index (χ0v) is 12.9. The molecule has 1 amide bonds. The fraction of sp³-hybridized carbons (Fsp3) is 0.176. The van der Waals surface area contributed by atoms with E-state index in [1.807, 2.05) is 18.2 Å². The maximum absolute atomic E-state index is 11.9. The summed E-state index contributed by atoms with van der Waals surface area (Å²) in [5.41, 5.74) is 2.80. The monoisotopic (exact) mass is 314 g/mol. The third kappa shape index (κ3) is 4.47. The Morgan fingerprint density at radius 1 is 1.22 bits per heavy atom. The van der Waals surface area contributed by atoms with E-state index in [-0.39, 0.29) is 5.75 Å². The number of nitrogens with zero attached hydrogens (tertiary/aromatic N) is 1. The van der Waals surface area contributed by atoms with Gasteiger partial charge < -0.3 is 14.6 Å². The van der Waals surface area contributed by atoms with Gasteiger partial charge in [0.25, 0.3) is 5.91 Å². The zero-order chi connectivity index (χ0) is 16.7. The van der Waals surface area contributed by atoms with Gasteiger partial charge in [-0.3, -0.25) is 4.79 Å². The number of ether oxygens (including phenoxy) is 2. The maximum Gasteiger partial charge on any atom is 0.280 e. The summed E-state index contributed by atoms with van der Waals surface area (Å²) < 4.78 is 10.5. The number of para-hydroxylation sites is 2. The van der Waals surface area contributed by atoms with Gasteiger partial charge in [-0.25, -0.2) is 5.43 Å². The minimum Gasteiger partial charge on any atom is -0.504 e. The highest BCUT2D eigenvalue weighted by Crippen LogP contribution is 2.27. The lowest BCUT2D eigenvalue weighted by molar-refractivity contribution is -0.127. The van der Waals surface area contributed by atoms with Gasteiger partial charge in [-0.1, -0.05) is 24.3 Å². The van der Waals surface area contributed by atoms with Crippen molar-refractivity contribution >= 4 is 12.1 Å². The standard InChI is InChI=1S/C17H18N2O4/c1-12(23-14-8-4-3-5-9-14)17(21)19-18-11-13-7-6-10-15(22-2)16(13)20/h3-12,20H,1-2H3,(H,19,21)/b18-11-/t12-/m0/s1. The fourth-order valence-corrected chi connectivity index (χ4v) is 1.82. The van der Waals surface area contributed by atoms with Crippen molar-refractivity contribution in [3.63, 3.8) is 0 Å². The molecule has 0 unspecified atom stereocenters. The number of amides is 1. The van der Waals surface area contributed by atoms with Gasteiger partial charge in [0, 0.05) is 5.56 Å². The number of nitrogens with one attached hydrogen (secondary N) is 1. The van der Waals surface area contributed by atoms with Crippen molar-refractivity contribution in [2.75, 3.05) is 7.11 Å². The fourth-order valence-electron chi connectivity index (χ4n) is 1.82. The Kier molecular flexibility index (Phi) is 5.57. The topological polar surface area (TPSA) is 80.2 Å². The third-order valence-corrected chi connectivity index (χ3v) is 3.05. The third-order valence-electron chi connectivity index (χ3n) is 3.05. The molecule has 2 N–H and O–H groups in total. The first-order valence-electron chi connectivity index (χ1n) is 7.02. The van der Waals surface area contributed by atoms with Crippen LogP contribution in [0.2, 0.25) is 0 Å². The number of aromatic hydroxyl groups is 1. The number of carbonyl (C=O) groups is 1. The van der Waals surface area contributed by atoms with Gasteiger partial charge in [0.15, 0.2) is 17.6 Å². The van der Waals surface area contributed by atoms with Gasteiger partial charge in [-0.2, -0.15) is 5.10 Å². The number of benzene rings is 2. The minimum atomic E-state index is -0.701. The predicted octanol–water partition coefficient (Wildman–Crippen LogP) is 2.32. The normalized spacial score (nSPS) is 11.9. The van der Waals surface area contributed by atoms with E-state index in [0.29, 0.717) is 17.1 Å². The second-order valence-electron chi connectivity index (χ2n) is 4.71. The summed E-state index contributed by atoms with van der Waals surface area (Å²) in [6, 6.07) is 14.0. The van der Waals surface area contributed by atoms with E-state index in [2.05, 4.69) is 10.5 Å². The molecule has 0 aliphatic heterocycles. The Morgan fingerprint density at radius 3 is 2.65 bits per heavy atom. The molecule has 0 aromatic heterocycles. The molecule has 6 nitrogen and oxygen atoms in total. The Hall–Kier alpha value is -3.02. The van der Waals surface area contributed by atoms with Crippen LogP contribution in [-0.4, -0.2) is 30.4 Å². The van der Waals surface area contributed by atoms with Crippen molar-refractivity contribution < 1.29 is 19.4 Å². The summed E-state index contributed by atoms with van der Waals surface area (Å²) in [4.78, 5) is 11.9. The Labute approximate surface area is 134 Å². The number of hydrogen-bond donors (Lipinski definition) is 2. The van der Waals surface area contributed by atoms with E-state index in [9.17, 15) is 9.90 Å². The van der Waals surface area contributed by atoms with Crippen LogP contribution in [0, 0.1) is 0 Å². The molecule has 0 spiro atoms. The van der Waals surface area contributed by atoms with Crippen molar-refractivity contribution in [1.82, 2.24) is 5.43 Å². The van der Waals surface area contributed by atoms with Crippen LogP contribution in [0.4, 0.5) is 0 Å². The van der Waals surface area contributed by atoms with Crippen molar-refractivity contribution in [1.29, 1.82) is 0 Å². The number of phenolic OH excluding ortho intramolecular Hbond substituents is 1. The molecule has 0 aliphatic rings. The van der Waals surface area contributed by atoms with Crippen LogP contribution in [0.1, 0.15) is 12.5 Å². The van der Waals surface area contributed by atoms with Crippen molar-refractivity contribution in [2.24, 2.45) is 5.10 Å². The van der Waals surface area contributed by atoms with Crippen LogP contribution in [0.15, 0.2) is 53.6 Å². The molecule has 0 saturated carbocycles. The van der Waals surface area contributed by atoms with Crippen molar-refractivity contribution in [3.8, 4) is 17.2 Å².